The average molecular weight is 408 g/mol. The quantitative estimate of drug-likeness (QED) is 0.631. The van der Waals surface area contributed by atoms with Gasteiger partial charge in [-0.3, -0.25) is 9.59 Å². The van der Waals surface area contributed by atoms with Gasteiger partial charge in [-0.05, 0) is 36.6 Å². The Kier molecular flexibility index (Phi) is 5.90. The van der Waals surface area contributed by atoms with Crippen molar-refractivity contribution in [3.05, 3.63) is 71.6 Å². The number of thioether (sulfide) groups is 1. The van der Waals surface area contributed by atoms with Crippen molar-refractivity contribution >= 4 is 29.3 Å². The number of amides is 2. The fourth-order valence-corrected chi connectivity index (χ4v) is 3.87. The molecule has 2 heterocycles. The third-order valence-corrected chi connectivity index (χ3v) is 5.42. The molecule has 4 rings (SSSR count). The number of nitrogens with one attached hydrogen (secondary N) is 1. The van der Waals surface area contributed by atoms with E-state index in [9.17, 15) is 9.59 Å². The fraction of sp³-hybridized carbons (Fsp3) is 0.238. The fourth-order valence-electron chi connectivity index (χ4n) is 3.21. The molecule has 0 radical (unpaired) electrons. The van der Waals surface area contributed by atoms with Crippen molar-refractivity contribution in [1.82, 2.24) is 15.5 Å². The van der Waals surface area contributed by atoms with Gasteiger partial charge in [0.05, 0.1) is 12.3 Å². The first kappa shape index (κ1) is 19.2. The number of carbonyl (C=O) groups is 2. The van der Waals surface area contributed by atoms with Gasteiger partial charge in [-0.1, -0.05) is 48.2 Å². The summed E-state index contributed by atoms with van der Waals surface area (Å²) < 4.78 is 5.53. The normalized spacial score (nSPS) is 13.0. The summed E-state index contributed by atoms with van der Waals surface area (Å²) in [6.07, 6.45) is 1.95. The van der Waals surface area contributed by atoms with Crippen LogP contribution < -0.4 is 10.2 Å². The molecule has 0 atom stereocenters. The molecular formula is C21H20N4O3S. The standard InChI is InChI=1S/C21H20N4O3S/c26-19(25-12-6-10-15-7-4-5-11-17(15)25)14-29-21-24-23-18(28-21)13-22-20(27)16-8-2-1-3-9-16/h1-5,7-9,11H,6,10,12-14H2,(H,22,27). The predicted octanol–water partition coefficient (Wildman–Crippen LogP) is 3.07. The van der Waals surface area contributed by atoms with Crippen LogP contribution in [-0.2, 0) is 17.8 Å². The van der Waals surface area contributed by atoms with E-state index in [1.165, 1.54) is 17.3 Å². The summed E-state index contributed by atoms with van der Waals surface area (Å²) in [5, 5.41) is 10.9. The van der Waals surface area contributed by atoms with Crippen molar-refractivity contribution in [1.29, 1.82) is 0 Å². The minimum atomic E-state index is -0.211. The van der Waals surface area contributed by atoms with Gasteiger partial charge in [0, 0.05) is 17.8 Å². The van der Waals surface area contributed by atoms with E-state index in [0.29, 0.717) is 16.7 Å². The molecule has 7 nitrogen and oxygen atoms in total. The first-order valence-corrected chi connectivity index (χ1v) is 10.4. The van der Waals surface area contributed by atoms with Gasteiger partial charge >= 0.3 is 0 Å². The number of aryl methyl sites for hydroxylation is 1. The second-order valence-corrected chi connectivity index (χ2v) is 7.50. The number of fused-ring (bicyclic) bond motifs is 1. The molecule has 0 unspecified atom stereocenters. The van der Waals surface area contributed by atoms with Gasteiger partial charge in [-0.2, -0.15) is 0 Å². The molecule has 0 fully saturated rings. The van der Waals surface area contributed by atoms with Crippen LogP contribution in [0, 0.1) is 0 Å². The van der Waals surface area contributed by atoms with Crippen molar-refractivity contribution in [2.75, 3.05) is 17.2 Å². The van der Waals surface area contributed by atoms with E-state index >= 15 is 0 Å². The number of anilines is 1. The highest BCUT2D eigenvalue weighted by Gasteiger charge is 2.22. The summed E-state index contributed by atoms with van der Waals surface area (Å²) in [6.45, 7) is 0.853. The van der Waals surface area contributed by atoms with Crippen LogP contribution in [0.5, 0.6) is 0 Å². The van der Waals surface area contributed by atoms with Crippen molar-refractivity contribution < 1.29 is 14.0 Å². The first-order chi connectivity index (χ1) is 14.2. The minimum Gasteiger partial charge on any atom is -0.414 e. The Bertz CT molecular complexity index is 1010. The Morgan fingerprint density at radius 2 is 1.86 bits per heavy atom. The molecule has 1 aliphatic heterocycles. The molecule has 148 valence electrons. The Morgan fingerprint density at radius 3 is 2.72 bits per heavy atom. The smallest absolute Gasteiger partial charge is 0.277 e. The average Bonchev–Trinajstić information content (AvgIpc) is 3.24. The number of aromatic nitrogens is 2. The number of para-hydroxylation sites is 1. The molecular weight excluding hydrogens is 388 g/mol. The molecule has 0 saturated heterocycles. The van der Waals surface area contributed by atoms with Crippen LogP contribution >= 0.6 is 11.8 Å². The van der Waals surface area contributed by atoms with E-state index in [1.54, 1.807) is 24.3 Å². The molecule has 8 heteroatoms. The summed E-state index contributed by atoms with van der Waals surface area (Å²) in [6, 6.07) is 16.9. The van der Waals surface area contributed by atoms with Crippen LogP contribution in [0.15, 0.2) is 64.2 Å². The number of nitrogens with zero attached hydrogens (tertiary/aromatic N) is 3. The maximum absolute atomic E-state index is 12.7. The number of carbonyl (C=O) groups excluding carboxylic acids is 2. The molecule has 1 aromatic heterocycles. The molecule has 29 heavy (non-hydrogen) atoms. The van der Waals surface area contributed by atoms with E-state index in [-0.39, 0.29) is 24.1 Å². The van der Waals surface area contributed by atoms with E-state index in [4.69, 9.17) is 4.42 Å². The van der Waals surface area contributed by atoms with Crippen LogP contribution in [0.4, 0.5) is 5.69 Å². The lowest BCUT2D eigenvalue weighted by Gasteiger charge is -2.29. The molecule has 0 bridgehead atoms. The Labute approximate surface area is 172 Å². The molecule has 1 N–H and O–H groups in total. The zero-order chi connectivity index (χ0) is 20.1. The van der Waals surface area contributed by atoms with Crippen LogP contribution in [-0.4, -0.2) is 34.3 Å². The van der Waals surface area contributed by atoms with Gasteiger partial charge < -0.3 is 14.6 Å². The van der Waals surface area contributed by atoms with Crippen molar-refractivity contribution in [3.8, 4) is 0 Å². The Balaban J connectivity index is 1.30. The van der Waals surface area contributed by atoms with Gasteiger partial charge in [0.15, 0.2) is 0 Å². The van der Waals surface area contributed by atoms with Crippen LogP contribution in [0.3, 0.4) is 0 Å². The highest BCUT2D eigenvalue weighted by atomic mass is 32.2. The highest BCUT2D eigenvalue weighted by molar-refractivity contribution is 7.99. The van der Waals surface area contributed by atoms with Crippen molar-refractivity contribution in [2.45, 2.75) is 24.6 Å². The molecule has 3 aromatic rings. The zero-order valence-electron chi connectivity index (χ0n) is 15.7. The Hall–Kier alpha value is -3.13. The maximum atomic E-state index is 12.7. The Morgan fingerprint density at radius 1 is 1.07 bits per heavy atom. The minimum absolute atomic E-state index is 0.0132. The molecule has 1 aliphatic rings. The predicted molar refractivity (Wildman–Crippen MR) is 110 cm³/mol. The van der Waals surface area contributed by atoms with Gasteiger partial charge in [0.2, 0.25) is 11.8 Å². The summed E-state index contributed by atoms with van der Waals surface area (Å²) >= 11 is 1.20. The van der Waals surface area contributed by atoms with E-state index in [0.717, 1.165) is 25.1 Å². The first-order valence-electron chi connectivity index (χ1n) is 9.37. The third kappa shape index (κ3) is 4.65. The molecule has 2 amide bonds. The van der Waals surface area contributed by atoms with Crippen molar-refractivity contribution in [2.24, 2.45) is 0 Å². The van der Waals surface area contributed by atoms with Gasteiger partial charge in [0.25, 0.3) is 11.1 Å². The van der Waals surface area contributed by atoms with Crippen LogP contribution in [0.25, 0.3) is 0 Å². The zero-order valence-corrected chi connectivity index (χ0v) is 16.5. The van der Waals surface area contributed by atoms with Crippen LogP contribution in [0.1, 0.15) is 28.2 Å². The monoisotopic (exact) mass is 408 g/mol. The summed E-state index contributed by atoms with van der Waals surface area (Å²) in [7, 11) is 0. The topological polar surface area (TPSA) is 88.3 Å². The van der Waals surface area contributed by atoms with E-state index < -0.39 is 0 Å². The van der Waals surface area contributed by atoms with Gasteiger partial charge in [0.1, 0.15) is 0 Å². The van der Waals surface area contributed by atoms with Crippen LogP contribution in [0.2, 0.25) is 0 Å². The SMILES string of the molecule is O=C(NCc1nnc(SCC(=O)N2CCCc3ccccc32)o1)c1ccccc1. The number of hydrogen-bond acceptors (Lipinski definition) is 6. The lowest BCUT2D eigenvalue weighted by atomic mass is 10.0. The molecule has 0 aliphatic carbocycles. The highest BCUT2D eigenvalue weighted by Crippen LogP contribution is 2.28. The lowest BCUT2D eigenvalue weighted by Crippen LogP contribution is -2.36. The summed E-state index contributed by atoms with van der Waals surface area (Å²) in [5.41, 5.74) is 2.75. The maximum Gasteiger partial charge on any atom is 0.277 e. The number of hydrogen-bond donors (Lipinski definition) is 1. The largest absolute Gasteiger partial charge is 0.414 e. The molecule has 0 spiro atoms. The summed E-state index contributed by atoms with van der Waals surface area (Å²) in [5.74, 6) is 0.315. The van der Waals surface area contributed by atoms with Crippen molar-refractivity contribution in [3.63, 3.8) is 0 Å². The lowest BCUT2D eigenvalue weighted by molar-refractivity contribution is -0.116. The third-order valence-electron chi connectivity index (χ3n) is 4.61. The molecule has 2 aromatic carbocycles. The van der Waals surface area contributed by atoms with E-state index in [2.05, 4.69) is 21.6 Å². The molecule has 0 saturated carbocycles. The van der Waals surface area contributed by atoms with Gasteiger partial charge in [-0.15, -0.1) is 10.2 Å². The summed E-state index contributed by atoms with van der Waals surface area (Å²) in [4.78, 5) is 26.6. The second-order valence-electron chi connectivity index (χ2n) is 6.58. The number of benzene rings is 2. The second kappa shape index (κ2) is 8.91. The van der Waals surface area contributed by atoms with E-state index in [1.807, 2.05) is 29.2 Å². The number of rotatable bonds is 6. The van der Waals surface area contributed by atoms with Gasteiger partial charge in [-0.25, -0.2) is 0 Å².